The second kappa shape index (κ2) is 9.33. The highest BCUT2D eigenvalue weighted by molar-refractivity contribution is 7.89. The standard InChI is InChI=1S/C22H25FN4O4S/c23-20-6-2-1-5-19(20)22(29)26-14-12-25(13-15-26)21(28)17-7-10-27(11-8-17)32(30,31)18-4-3-9-24-16-18/h1-6,9,16-17H,7-8,10-15H2. The molecule has 2 aromatic rings. The maximum absolute atomic E-state index is 13.9. The molecule has 0 spiro atoms. The van der Waals surface area contributed by atoms with Gasteiger partial charge in [0.1, 0.15) is 10.7 Å². The average Bonchev–Trinajstić information content (AvgIpc) is 2.84. The Balaban J connectivity index is 1.30. The van der Waals surface area contributed by atoms with Gasteiger partial charge in [-0.3, -0.25) is 14.6 Å². The van der Waals surface area contributed by atoms with Crippen LogP contribution in [0.5, 0.6) is 0 Å². The molecule has 10 heteroatoms. The molecule has 3 heterocycles. The van der Waals surface area contributed by atoms with Crippen LogP contribution in [-0.4, -0.2) is 78.6 Å². The van der Waals surface area contributed by atoms with Crippen molar-refractivity contribution < 1.29 is 22.4 Å². The van der Waals surface area contributed by atoms with E-state index < -0.39 is 15.8 Å². The summed E-state index contributed by atoms with van der Waals surface area (Å²) in [4.78, 5) is 32.8. The minimum Gasteiger partial charge on any atom is -0.339 e. The SMILES string of the molecule is O=C(c1ccccc1F)N1CCN(C(=O)C2CCN(S(=O)(=O)c3cccnc3)CC2)CC1. The lowest BCUT2D eigenvalue weighted by Gasteiger charge is -2.38. The molecule has 0 atom stereocenters. The van der Waals surface area contributed by atoms with Crippen molar-refractivity contribution in [2.45, 2.75) is 17.7 Å². The van der Waals surface area contributed by atoms with Crippen LogP contribution >= 0.6 is 0 Å². The topological polar surface area (TPSA) is 90.9 Å². The van der Waals surface area contributed by atoms with Crippen molar-refractivity contribution >= 4 is 21.8 Å². The van der Waals surface area contributed by atoms with Gasteiger partial charge in [-0.1, -0.05) is 12.1 Å². The number of carbonyl (C=O) groups is 2. The predicted molar refractivity (Wildman–Crippen MR) is 115 cm³/mol. The number of nitrogens with zero attached hydrogens (tertiary/aromatic N) is 4. The molecule has 2 aliphatic heterocycles. The molecule has 8 nitrogen and oxygen atoms in total. The molecule has 2 aliphatic rings. The highest BCUT2D eigenvalue weighted by Crippen LogP contribution is 2.25. The van der Waals surface area contributed by atoms with Crippen LogP contribution in [0.2, 0.25) is 0 Å². The third kappa shape index (κ3) is 4.51. The molecule has 2 amide bonds. The quantitative estimate of drug-likeness (QED) is 0.691. The summed E-state index contributed by atoms with van der Waals surface area (Å²) < 4.78 is 40.8. The van der Waals surface area contributed by atoms with E-state index >= 15 is 0 Å². The van der Waals surface area contributed by atoms with Gasteiger partial charge in [0.25, 0.3) is 5.91 Å². The first-order chi connectivity index (χ1) is 15.4. The summed E-state index contributed by atoms with van der Waals surface area (Å²) in [6.45, 7) is 2.00. The zero-order chi connectivity index (χ0) is 22.7. The second-order valence-corrected chi connectivity index (χ2v) is 9.90. The monoisotopic (exact) mass is 460 g/mol. The van der Waals surface area contributed by atoms with Crippen molar-refractivity contribution in [1.82, 2.24) is 19.1 Å². The zero-order valence-electron chi connectivity index (χ0n) is 17.6. The van der Waals surface area contributed by atoms with Gasteiger partial charge in [-0.05, 0) is 37.1 Å². The van der Waals surface area contributed by atoms with Crippen molar-refractivity contribution in [3.63, 3.8) is 0 Å². The summed E-state index contributed by atoms with van der Waals surface area (Å²) >= 11 is 0. The largest absolute Gasteiger partial charge is 0.339 e. The minimum absolute atomic E-state index is 0.0126. The zero-order valence-corrected chi connectivity index (χ0v) is 18.4. The van der Waals surface area contributed by atoms with Crippen LogP contribution in [0, 0.1) is 11.7 Å². The number of carbonyl (C=O) groups excluding carboxylic acids is 2. The van der Waals surface area contributed by atoms with E-state index in [9.17, 15) is 22.4 Å². The van der Waals surface area contributed by atoms with Gasteiger partial charge in [-0.25, -0.2) is 12.8 Å². The fraction of sp³-hybridized carbons (Fsp3) is 0.409. The van der Waals surface area contributed by atoms with Crippen LogP contribution < -0.4 is 0 Å². The first-order valence-electron chi connectivity index (χ1n) is 10.6. The van der Waals surface area contributed by atoms with E-state index in [2.05, 4.69) is 4.98 Å². The lowest BCUT2D eigenvalue weighted by Crippen LogP contribution is -2.53. The van der Waals surface area contributed by atoms with E-state index in [-0.39, 0.29) is 41.3 Å². The van der Waals surface area contributed by atoms with E-state index in [1.54, 1.807) is 21.9 Å². The number of aromatic nitrogens is 1. The molecule has 1 aromatic heterocycles. The van der Waals surface area contributed by atoms with Crippen molar-refractivity contribution in [2.24, 2.45) is 5.92 Å². The molecular formula is C22H25FN4O4S. The van der Waals surface area contributed by atoms with Gasteiger partial charge in [0, 0.05) is 57.6 Å². The Hall–Kier alpha value is -2.85. The van der Waals surface area contributed by atoms with Crippen molar-refractivity contribution in [3.8, 4) is 0 Å². The Labute approximate surface area is 186 Å². The van der Waals surface area contributed by atoms with E-state index in [1.807, 2.05) is 0 Å². The lowest BCUT2D eigenvalue weighted by molar-refractivity contribution is -0.138. The van der Waals surface area contributed by atoms with Crippen LogP contribution in [0.25, 0.3) is 0 Å². The summed E-state index contributed by atoms with van der Waals surface area (Å²) in [5.41, 5.74) is 0.0365. The molecule has 0 N–H and O–H groups in total. The van der Waals surface area contributed by atoms with Crippen LogP contribution in [0.15, 0.2) is 53.7 Å². The van der Waals surface area contributed by atoms with Gasteiger partial charge in [0.15, 0.2) is 0 Å². The summed E-state index contributed by atoms with van der Waals surface area (Å²) in [6, 6.07) is 8.98. The molecule has 2 saturated heterocycles. The molecule has 0 aliphatic carbocycles. The Kier molecular flexibility index (Phi) is 6.52. The maximum Gasteiger partial charge on any atom is 0.256 e. The minimum atomic E-state index is -3.61. The van der Waals surface area contributed by atoms with Crippen molar-refractivity contribution in [3.05, 3.63) is 60.2 Å². The van der Waals surface area contributed by atoms with E-state index in [1.165, 1.54) is 41.0 Å². The Morgan fingerprint density at radius 1 is 0.906 bits per heavy atom. The number of piperazine rings is 1. The van der Waals surface area contributed by atoms with Crippen LogP contribution in [0.1, 0.15) is 23.2 Å². The molecule has 2 fully saturated rings. The molecule has 4 rings (SSSR count). The van der Waals surface area contributed by atoms with E-state index in [0.29, 0.717) is 39.0 Å². The van der Waals surface area contributed by atoms with Crippen LogP contribution in [0.3, 0.4) is 0 Å². The highest BCUT2D eigenvalue weighted by Gasteiger charge is 2.35. The van der Waals surface area contributed by atoms with Gasteiger partial charge in [-0.15, -0.1) is 0 Å². The molecule has 0 saturated carbocycles. The number of halogens is 1. The summed E-state index contributed by atoms with van der Waals surface area (Å²) in [5, 5.41) is 0. The number of hydrogen-bond donors (Lipinski definition) is 0. The number of piperidine rings is 1. The fourth-order valence-corrected chi connectivity index (χ4v) is 5.62. The first kappa shape index (κ1) is 22.3. The lowest BCUT2D eigenvalue weighted by atomic mass is 9.96. The second-order valence-electron chi connectivity index (χ2n) is 7.96. The third-order valence-electron chi connectivity index (χ3n) is 6.06. The number of rotatable bonds is 4. The van der Waals surface area contributed by atoms with E-state index in [4.69, 9.17) is 0 Å². The predicted octanol–water partition coefficient (Wildman–Crippen LogP) is 1.61. The number of sulfonamides is 1. The summed E-state index contributed by atoms with van der Waals surface area (Å²) in [6.07, 6.45) is 3.75. The molecule has 1 aromatic carbocycles. The molecule has 170 valence electrons. The van der Waals surface area contributed by atoms with Gasteiger partial charge in [0.05, 0.1) is 5.56 Å². The number of benzene rings is 1. The molecular weight excluding hydrogens is 435 g/mol. The van der Waals surface area contributed by atoms with Gasteiger partial charge in [-0.2, -0.15) is 4.31 Å². The number of pyridine rings is 1. The highest BCUT2D eigenvalue weighted by atomic mass is 32.2. The van der Waals surface area contributed by atoms with Gasteiger partial charge >= 0.3 is 0 Å². The Morgan fingerprint density at radius 3 is 2.19 bits per heavy atom. The first-order valence-corrected chi connectivity index (χ1v) is 12.0. The Morgan fingerprint density at radius 2 is 1.56 bits per heavy atom. The third-order valence-corrected chi connectivity index (χ3v) is 7.94. The summed E-state index contributed by atoms with van der Waals surface area (Å²) in [7, 11) is -3.61. The van der Waals surface area contributed by atoms with Crippen molar-refractivity contribution in [1.29, 1.82) is 0 Å². The van der Waals surface area contributed by atoms with Crippen molar-refractivity contribution in [2.75, 3.05) is 39.3 Å². The number of amides is 2. The molecule has 0 bridgehead atoms. The number of hydrogen-bond acceptors (Lipinski definition) is 5. The smallest absolute Gasteiger partial charge is 0.256 e. The maximum atomic E-state index is 13.9. The average molecular weight is 461 g/mol. The molecule has 0 radical (unpaired) electrons. The van der Waals surface area contributed by atoms with Gasteiger partial charge < -0.3 is 9.80 Å². The van der Waals surface area contributed by atoms with Crippen LogP contribution in [0.4, 0.5) is 4.39 Å². The Bertz CT molecular complexity index is 1080. The summed E-state index contributed by atoms with van der Waals surface area (Å²) in [5.74, 6) is -1.18. The van der Waals surface area contributed by atoms with Crippen LogP contribution in [-0.2, 0) is 14.8 Å². The molecule has 32 heavy (non-hydrogen) atoms. The fourth-order valence-electron chi connectivity index (χ4n) is 4.18. The van der Waals surface area contributed by atoms with Gasteiger partial charge in [0.2, 0.25) is 15.9 Å². The molecule has 0 unspecified atom stereocenters. The van der Waals surface area contributed by atoms with E-state index in [0.717, 1.165) is 0 Å². The normalized spacial score (nSPS) is 18.5.